The number of nitrogens with one attached hydrogen (secondary N) is 1. The van der Waals surface area contributed by atoms with Gasteiger partial charge in [-0.3, -0.25) is 0 Å². The Morgan fingerprint density at radius 1 is 1.39 bits per heavy atom. The maximum Gasteiger partial charge on any atom is 0.138 e. The zero-order valence-electron chi connectivity index (χ0n) is 11.9. The monoisotopic (exact) mass is 252 g/mol. The summed E-state index contributed by atoms with van der Waals surface area (Å²) < 4.78 is 5.36. The Kier molecular flexibility index (Phi) is 4.90. The summed E-state index contributed by atoms with van der Waals surface area (Å²) in [5, 5.41) is 3.27. The van der Waals surface area contributed by atoms with Crippen LogP contribution in [0.25, 0.3) is 0 Å². The van der Waals surface area contributed by atoms with Crippen LogP contribution < -0.4 is 11.1 Å². The molecule has 0 spiro atoms. The summed E-state index contributed by atoms with van der Waals surface area (Å²) in [6.07, 6.45) is 0. The minimum absolute atomic E-state index is 0.116. The van der Waals surface area contributed by atoms with Crippen molar-refractivity contribution in [1.29, 1.82) is 0 Å². The maximum atomic E-state index is 5.81. The van der Waals surface area contributed by atoms with Crippen LogP contribution in [0, 0.1) is 0 Å². The number of aromatic nitrogens is 2. The minimum Gasteiger partial charge on any atom is -0.384 e. The second-order valence-corrected chi connectivity index (χ2v) is 5.46. The highest BCUT2D eigenvalue weighted by Gasteiger charge is 2.19. The van der Waals surface area contributed by atoms with Crippen LogP contribution >= 0.6 is 0 Å². The summed E-state index contributed by atoms with van der Waals surface area (Å²) in [6, 6.07) is 1.93. The summed E-state index contributed by atoms with van der Waals surface area (Å²) in [6.45, 7) is 11.6. The average Bonchev–Trinajstić information content (AvgIpc) is 2.24. The number of anilines is 2. The molecule has 0 bridgehead atoms. The third-order valence-corrected chi connectivity index (χ3v) is 2.38. The molecule has 0 fully saturated rings. The SMILES string of the molecule is CCOCC(C)Nc1cc(N)nc(C(C)(C)C)n1. The zero-order chi connectivity index (χ0) is 13.8. The van der Waals surface area contributed by atoms with E-state index in [1.54, 1.807) is 6.07 Å². The molecule has 102 valence electrons. The van der Waals surface area contributed by atoms with Gasteiger partial charge in [0.25, 0.3) is 0 Å². The van der Waals surface area contributed by atoms with Crippen LogP contribution in [0.2, 0.25) is 0 Å². The van der Waals surface area contributed by atoms with Crippen molar-refractivity contribution in [3.05, 3.63) is 11.9 Å². The molecule has 0 saturated carbocycles. The maximum absolute atomic E-state index is 5.81. The van der Waals surface area contributed by atoms with Crippen LogP contribution in [0.3, 0.4) is 0 Å². The molecule has 18 heavy (non-hydrogen) atoms. The highest BCUT2D eigenvalue weighted by molar-refractivity contribution is 5.45. The molecule has 1 atom stereocenters. The van der Waals surface area contributed by atoms with Crippen molar-refractivity contribution < 1.29 is 4.74 Å². The fourth-order valence-corrected chi connectivity index (χ4v) is 1.46. The molecule has 0 aromatic carbocycles. The van der Waals surface area contributed by atoms with E-state index in [-0.39, 0.29) is 11.5 Å². The van der Waals surface area contributed by atoms with Crippen LogP contribution in [-0.4, -0.2) is 29.2 Å². The second-order valence-electron chi connectivity index (χ2n) is 5.46. The van der Waals surface area contributed by atoms with Gasteiger partial charge < -0.3 is 15.8 Å². The van der Waals surface area contributed by atoms with E-state index in [0.29, 0.717) is 19.0 Å². The van der Waals surface area contributed by atoms with Gasteiger partial charge >= 0.3 is 0 Å². The van der Waals surface area contributed by atoms with Crippen molar-refractivity contribution >= 4 is 11.6 Å². The van der Waals surface area contributed by atoms with E-state index in [9.17, 15) is 0 Å². The summed E-state index contributed by atoms with van der Waals surface area (Å²) in [5.41, 5.74) is 5.69. The van der Waals surface area contributed by atoms with Gasteiger partial charge in [-0.2, -0.15) is 0 Å². The fraction of sp³-hybridized carbons (Fsp3) is 0.692. The Bertz CT molecular complexity index is 387. The van der Waals surface area contributed by atoms with Crippen LogP contribution in [-0.2, 0) is 10.2 Å². The lowest BCUT2D eigenvalue weighted by atomic mass is 9.96. The molecule has 5 nitrogen and oxygen atoms in total. The van der Waals surface area contributed by atoms with Crippen molar-refractivity contribution in [2.45, 2.75) is 46.1 Å². The molecule has 5 heteroatoms. The molecule has 0 radical (unpaired) electrons. The number of hydrogen-bond donors (Lipinski definition) is 2. The Balaban J connectivity index is 2.80. The first-order valence-corrected chi connectivity index (χ1v) is 6.32. The van der Waals surface area contributed by atoms with Gasteiger partial charge in [-0.25, -0.2) is 9.97 Å². The standard InChI is InChI=1S/C13H24N4O/c1-6-18-8-9(2)15-11-7-10(14)16-12(17-11)13(3,4)5/h7,9H,6,8H2,1-5H3,(H3,14,15,16,17). The normalized spacial score (nSPS) is 13.4. The predicted octanol–water partition coefficient (Wildman–Crippen LogP) is 2.19. The molecule has 1 rings (SSSR count). The Morgan fingerprint density at radius 3 is 2.61 bits per heavy atom. The molecule has 1 heterocycles. The molecule has 0 aliphatic carbocycles. The fourth-order valence-electron chi connectivity index (χ4n) is 1.46. The Morgan fingerprint density at radius 2 is 2.06 bits per heavy atom. The highest BCUT2D eigenvalue weighted by atomic mass is 16.5. The topological polar surface area (TPSA) is 73.1 Å². The minimum atomic E-state index is -0.116. The van der Waals surface area contributed by atoms with E-state index in [0.717, 1.165) is 11.6 Å². The smallest absolute Gasteiger partial charge is 0.138 e. The van der Waals surface area contributed by atoms with Gasteiger partial charge in [0.1, 0.15) is 17.5 Å². The van der Waals surface area contributed by atoms with E-state index in [2.05, 4.69) is 36.1 Å². The first-order valence-electron chi connectivity index (χ1n) is 6.32. The second kappa shape index (κ2) is 6.00. The lowest BCUT2D eigenvalue weighted by Gasteiger charge is -2.20. The number of nitrogens with two attached hydrogens (primary N) is 1. The van der Waals surface area contributed by atoms with Crippen LogP contribution in [0.5, 0.6) is 0 Å². The quantitative estimate of drug-likeness (QED) is 0.840. The molecule has 1 aromatic heterocycles. The number of rotatable bonds is 5. The van der Waals surface area contributed by atoms with Crippen molar-refractivity contribution in [1.82, 2.24) is 9.97 Å². The molecule has 0 aliphatic heterocycles. The molecule has 0 saturated heterocycles. The Labute approximate surface area is 109 Å². The van der Waals surface area contributed by atoms with Crippen LogP contribution in [0.1, 0.15) is 40.4 Å². The number of nitrogen functional groups attached to an aromatic ring is 1. The first-order chi connectivity index (χ1) is 8.32. The molecule has 0 amide bonds. The zero-order valence-corrected chi connectivity index (χ0v) is 11.9. The number of ether oxygens (including phenoxy) is 1. The van der Waals surface area contributed by atoms with Gasteiger partial charge in [0, 0.05) is 24.1 Å². The summed E-state index contributed by atoms with van der Waals surface area (Å²) in [5.74, 6) is 1.98. The summed E-state index contributed by atoms with van der Waals surface area (Å²) in [4.78, 5) is 8.77. The van der Waals surface area contributed by atoms with Crippen molar-refractivity contribution in [3.63, 3.8) is 0 Å². The highest BCUT2D eigenvalue weighted by Crippen LogP contribution is 2.21. The van der Waals surface area contributed by atoms with Crippen LogP contribution in [0.15, 0.2) is 6.07 Å². The van der Waals surface area contributed by atoms with Crippen LogP contribution in [0.4, 0.5) is 11.6 Å². The molecule has 3 N–H and O–H groups in total. The van der Waals surface area contributed by atoms with Crippen molar-refractivity contribution in [2.75, 3.05) is 24.3 Å². The number of hydrogen-bond acceptors (Lipinski definition) is 5. The molecule has 0 aliphatic rings. The molecular weight excluding hydrogens is 228 g/mol. The molecule has 1 unspecified atom stereocenters. The average molecular weight is 252 g/mol. The van der Waals surface area contributed by atoms with Crippen molar-refractivity contribution in [3.8, 4) is 0 Å². The van der Waals surface area contributed by atoms with E-state index in [1.807, 2.05) is 13.8 Å². The predicted molar refractivity (Wildman–Crippen MR) is 74.7 cm³/mol. The van der Waals surface area contributed by atoms with Gasteiger partial charge in [-0.15, -0.1) is 0 Å². The molecule has 1 aromatic rings. The van der Waals surface area contributed by atoms with E-state index >= 15 is 0 Å². The third-order valence-electron chi connectivity index (χ3n) is 2.38. The first kappa shape index (κ1) is 14.7. The number of nitrogens with zero attached hydrogens (tertiary/aromatic N) is 2. The largest absolute Gasteiger partial charge is 0.384 e. The lowest BCUT2D eigenvalue weighted by Crippen LogP contribution is -2.24. The van der Waals surface area contributed by atoms with Crippen molar-refractivity contribution in [2.24, 2.45) is 0 Å². The van der Waals surface area contributed by atoms with E-state index in [4.69, 9.17) is 10.5 Å². The van der Waals surface area contributed by atoms with E-state index in [1.165, 1.54) is 0 Å². The molecular formula is C13H24N4O. The lowest BCUT2D eigenvalue weighted by molar-refractivity contribution is 0.141. The van der Waals surface area contributed by atoms with Gasteiger partial charge in [0.05, 0.1) is 6.61 Å². The van der Waals surface area contributed by atoms with Gasteiger partial charge in [0.15, 0.2) is 0 Å². The summed E-state index contributed by atoms with van der Waals surface area (Å²) in [7, 11) is 0. The third kappa shape index (κ3) is 4.49. The Hall–Kier alpha value is -1.36. The van der Waals surface area contributed by atoms with Gasteiger partial charge in [-0.05, 0) is 13.8 Å². The van der Waals surface area contributed by atoms with Gasteiger partial charge in [0.2, 0.25) is 0 Å². The van der Waals surface area contributed by atoms with E-state index < -0.39 is 0 Å². The summed E-state index contributed by atoms with van der Waals surface area (Å²) >= 11 is 0. The van der Waals surface area contributed by atoms with Gasteiger partial charge in [-0.1, -0.05) is 20.8 Å².